The fourth-order valence-electron chi connectivity index (χ4n) is 4.07. The van der Waals surface area contributed by atoms with Crippen molar-refractivity contribution in [2.45, 2.75) is 64.6 Å². The molecule has 3 rings (SSSR count). The monoisotopic (exact) mass is 565 g/mol. The lowest BCUT2D eigenvalue weighted by molar-refractivity contribution is -0.139. The van der Waals surface area contributed by atoms with Gasteiger partial charge < -0.3 is 15.0 Å². The largest absolute Gasteiger partial charge is 0.494 e. The zero-order chi connectivity index (χ0) is 29.3. The van der Waals surface area contributed by atoms with Crippen LogP contribution in [0.1, 0.15) is 45.2 Å². The first kappa shape index (κ1) is 30.7. The maximum atomic E-state index is 13.9. The van der Waals surface area contributed by atoms with Gasteiger partial charge in [-0.05, 0) is 76.1 Å². The van der Waals surface area contributed by atoms with Gasteiger partial charge in [-0.15, -0.1) is 0 Å². The smallest absolute Gasteiger partial charge is 0.264 e. The Balaban J connectivity index is 2.00. The van der Waals surface area contributed by atoms with Gasteiger partial charge in [0.15, 0.2) is 0 Å². The summed E-state index contributed by atoms with van der Waals surface area (Å²) in [5.41, 5.74) is 2.13. The second-order valence-corrected chi connectivity index (χ2v) is 11.6. The maximum Gasteiger partial charge on any atom is 0.264 e. The van der Waals surface area contributed by atoms with Crippen molar-refractivity contribution in [2.24, 2.45) is 0 Å². The molecule has 0 aliphatic heterocycles. The molecule has 0 bridgehead atoms. The van der Waals surface area contributed by atoms with Crippen LogP contribution >= 0.6 is 0 Å². The molecule has 0 aliphatic rings. The van der Waals surface area contributed by atoms with Gasteiger partial charge in [-0.1, -0.05) is 55.0 Å². The van der Waals surface area contributed by atoms with Crippen LogP contribution in [0.2, 0.25) is 0 Å². The predicted molar refractivity (Wildman–Crippen MR) is 158 cm³/mol. The number of nitrogens with zero attached hydrogens (tertiary/aromatic N) is 2. The second-order valence-electron chi connectivity index (χ2n) is 9.75. The number of rotatable bonds is 13. The average molecular weight is 566 g/mol. The van der Waals surface area contributed by atoms with Crippen LogP contribution in [0.15, 0.2) is 83.8 Å². The van der Waals surface area contributed by atoms with E-state index in [-0.39, 0.29) is 23.4 Å². The molecule has 2 amide bonds. The van der Waals surface area contributed by atoms with Gasteiger partial charge in [0.05, 0.1) is 17.2 Å². The summed E-state index contributed by atoms with van der Waals surface area (Å²) in [6.07, 6.45) is 0.743. The van der Waals surface area contributed by atoms with Gasteiger partial charge in [-0.2, -0.15) is 0 Å². The summed E-state index contributed by atoms with van der Waals surface area (Å²) >= 11 is 0. The molecule has 9 heteroatoms. The molecule has 0 heterocycles. The number of benzene rings is 3. The summed E-state index contributed by atoms with van der Waals surface area (Å²) in [6.45, 7) is 9.41. The van der Waals surface area contributed by atoms with Crippen LogP contribution in [-0.4, -0.2) is 50.4 Å². The highest BCUT2D eigenvalue weighted by Crippen LogP contribution is 2.26. The first-order chi connectivity index (χ1) is 19.1. The maximum absolute atomic E-state index is 13.9. The van der Waals surface area contributed by atoms with Crippen molar-refractivity contribution in [2.75, 3.05) is 17.5 Å². The van der Waals surface area contributed by atoms with E-state index in [1.807, 2.05) is 58.0 Å². The molecule has 0 saturated heterocycles. The van der Waals surface area contributed by atoms with Gasteiger partial charge in [-0.3, -0.25) is 13.9 Å². The summed E-state index contributed by atoms with van der Waals surface area (Å²) in [5, 5.41) is 2.94. The Kier molecular flexibility index (Phi) is 10.7. The third-order valence-electron chi connectivity index (χ3n) is 6.69. The highest BCUT2D eigenvalue weighted by molar-refractivity contribution is 7.92. The number of amides is 2. The molecule has 8 nitrogen and oxygen atoms in total. The normalized spacial score (nSPS) is 12.7. The minimum absolute atomic E-state index is 0.0292. The number of aryl methyl sites for hydroxylation is 1. The predicted octanol–water partition coefficient (Wildman–Crippen LogP) is 4.92. The fourth-order valence-corrected chi connectivity index (χ4v) is 5.48. The zero-order valence-electron chi connectivity index (χ0n) is 23.8. The van der Waals surface area contributed by atoms with E-state index in [0.29, 0.717) is 18.0 Å². The molecule has 0 aliphatic carbocycles. The number of nitrogens with one attached hydrogen (secondary N) is 1. The summed E-state index contributed by atoms with van der Waals surface area (Å²) < 4.78 is 34.4. The third kappa shape index (κ3) is 7.85. The molecule has 1 N–H and O–H groups in total. The van der Waals surface area contributed by atoms with Crippen LogP contribution in [0, 0.1) is 6.92 Å². The molecule has 3 aromatic carbocycles. The lowest BCUT2D eigenvalue weighted by atomic mass is 10.1. The van der Waals surface area contributed by atoms with Crippen molar-refractivity contribution < 1.29 is 22.7 Å². The lowest BCUT2D eigenvalue weighted by Crippen LogP contribution is -2.52. The van der Waals surface area contributed by atoms with Crippen LogP contribution in [0.25, 0.3) is 0 Å². The average Bonchev–Trinajstić information content (AvgIpc) is 2.95. The van der Waals surface area contributed by atoms with E-state index in [1.54, 1.807) is 43.3 Å². The minimum Gasteiger partial charge on any atom is -0.494 e. The molecule has 0 spiro atoms. The van der Waals surface area contributed by atoms with E-state index in [1.165, 1.54) is 17.0 Å². The van der Waals surface area contributed by atoms with Crippen molar-refractivity contribution in [3.05, 3.63) is 90.0 Å². The molecule has 0 unspecified atom stereocenters. The number of sulfonamides is 1. The number of anilines is 1. The lowest BCUT2D eigenvalue weighted by Gasteiger charge is -2.32. The van der Waals surface area contributed by atoms with Crippen LogP contribution in [-0.2, 0) is 26.2 Å². The van der Waals surface area contributed by atoms with Crippen LogP contribution in [0.5, 0.6) is 5.75 Å². The van der Waals surface area contributed by atoms with Gasteiger partial charge in [0.25, 0.3) is 10.0 Å². The quantitative estimate of drug-likeness (QED) is 0.317. The topological polar surface area (TPSA) is 96.0 Å². The minimum atomic E-state index is -4.14. The molecular weight excluding hydrogens is 526 g/mol. The Hall–Kier alpha value is -3.85. The molecule has 0 aromatic heterocycles. The summed E-state index contributed by atoms with van der Waals surface area (Å²) in [4.78, 5) is 28.5. The highest BCUT2D eigenvalue weighted by Gasteiger charge is 2.32. The van der Waals surface area contributed by atoms with E-state index in [9.17, 15) is 18.0 Å². The summed E-state index contributed by atoms with van der Waals surface area (Å²) in [7, 11) is -4.14. The third-order valence-corrected chi connectivity index (χ3v) is 8.48. The Morgan fingerprint density at radius 2 is 1.52 bits per heavy atom. The standard InChI is InChI=1S/C31H39N3O5S/c1-6-24(4)32-31(36)25(5)33(21-26-11-9-8-10-12-26)30(35)22-34(27-15-13-23(3)14-16-27)40(37,38)29-19-17-28(18-20-29)39-7-2/h8-20,24-25H,6-7,21-22H2,1-5H3,(H,32,36)/t24-,25-/m0/s1. The van der Waals surface area contributed by atoms with E-state index >= 15 is 0 Å². The first-order valence-electron chi connectivity index (χ1n) is 13.5. The number of carbonyl (C=O) groups excluding carboxylic acids is 2. The van der Waals surface area contributed by atoms with Gasteiger partial charge >= 0.3 is 0 Å². The number of hydrogen-bond donors (Lipinski definition) is 1. The van der Waals surface area contributed by atoms with Gasteiger partial charge in [0.1, 0.15) is 18.3 Å². The van der Waals surface area contributed by atoms with Gasteiger partial charge in [0.2, 0.25) is 11.8 Å². The molecule has 3 aromatic rings. The van der Waals surface area contributed by atoms with Crippen LogP contribution < -0.4 is 14.4 Å². The van der Waals surface area contributed by atoms with Crippen molar-refractivity contribution in [1.82, 2.24) is 10.2 Å². The molecule has 0 fully saturated rings. The van der Waals surface area contributed by atoms with E-state index in [2.05, 4.69) is 5.32 Å². The van der Waals surface area contributed by atoms with E-state index < -0.39 is 28.5 Å². The van der Waals surface area contributed by atoms with Crippen molar-refractivity contribution >= 4 is 27.5 Å². The number of hydrogen-bond acceptors (Lipinski definition) is 5. The fraction of sp³-hybridized carbons (Fsp3) is 0.355. The van der Waals surface area contributed by atoms with Crippen LogP contribution in [0.3, 0.4) is 0 Å². The van der Waals surface area contributed by atoms with E-state index in [0.717, 1.165) is 21.9 Å². The Bertz CT molecular complexity index is 1360. The molecule has 214 valence electrons. The van der Waals surface area contributed by atoms with Crippen molar-refractivity contribution in [3.63, 3.8) is 0 Å². The van der Waals surface area contributed by atoms with Crippen molar-refractivity contribution in [3.8, 4) is 5.75 Å². The number of carbonyl (C=O) groups is 2. The van der Waals surface area contributed by atoms with Gasteiger partial charge in [-0.25, -0.2) is 8.42 Å². The first-order valence-corrected chi connectivity index (χ1v) is 15.0. The second kappa shape index (κ2) is 14.0. The molecule has 0 saturated carbocycles. The Morgan fingerprint density at radius 3 is 2.10 bits per heavy atom. The molecular formula is C31H39N3O5S. The Morgan fingerprint density at radius 1 is 0.900 bits per heavy atom. The van der Waals surface area contributed by atoms with Crippen LogP contribution in [0.4, 0.5) is 5.69 Å². The van der Waals surface area contributed by atoms with E-state index in [4.69, 9.17) is 4.74 Å². The zero-order valence-corrected chi connectivity index (χ0v) is 24.6. The Labute approximate surface area is 238 Å². The molecule has 2 atom stereocenters. The number of ether oxygens (including phenoxy) is 1. The van der Waals surface area contributed by atoms with Gasteiger partial charge in [0, 0.05) is 12.6 Å². The molecule has 40 heavy (non-hydrogen) atoms. The highest BCUT2D eigenvalue weighted by atomic mass is 32.2. The molecule has 0 radical (unpaired) electrons. The SMILES string of the molecule is CCOc1ccc(S(=O)(=O)N(CC(=O)N(Cc2ccccc2)[C@@H](C)C(=O)N[C@@H](C)CC)c2ccc(C)cc2)cc1. The summed E-state index contributed by atoms with van der Waals surface area (Å²) in [5.74, 6) is -0.241. The summed E-state index contributed by atoms with van der Waals surface area (Å²) in [6, 6.07) is 21.5. The van der Waals surface area contributed by atoms with Crippen molar-refractivity contribution in [1.29, 1.82) is 0 Å².